The zero-order valence-electron chi connectivity index (χ0n) is 16.2. The maximum Gasteiger partial charge on any atom is 0.316 e. The zero-order chi connectivity index (χ0) is 19.4. The van der Waals surface area contributed by atoms with E-state index in [1.54, 1.807) is 6.07 Å². The van der Waals surface area contributed by atoms with Crippen LogP contribution < -0.4 is 0 Å². The van der Waals surface area contributed by atoms with Gasteiger partial charge in [-0.05, 0) is 36.2 Å². The first kappa shape index (κ1) is 18.7. The van der Waals surface area contributed by atoms with Crippen LogP contribution in [0.4, 0.5) is 0 Å². The van der Waals surface area contributed by atoms with E-state index in [1.165, 1.54) is 7.11 Å². The van der Waals surface area contributed by atoms with Crippen molar-refractivity contribution in [3.63, 3.8) is 0 Å². The van der Waals surface area contributed by atoms with Gasteiger partial charge in [0.25, 0.3) is 0 Å². The molecule has 1 aromatic rings. The number of methoxy groups -OCH3 is 1. The minimum Gasteiger partial charge on any atom is -0.504 e. The fourth-order valence-corrected chi connectivity index (χ4v) is 5.20. The van der Waals surface area contributed by atoms with Crippen molar-refractivity contribution in [2.75, 3.05) is 7.11 Å². The Balaban J connectivity index is 2.39. The molecule has 1 aromatic carbocycles. The number of carbonyl (C=O) groups is 2. The molecule has 5 heteroatoms. The first-order valence-corrected chi connectivity index (χ1v) is 9.28. The molecule has 26 heavy (non-hydrogen) atoms. The molecule has 0 amide bonds. The molecule has 2 unspecified atom stereocenters. The molecule has 0 heterocycles. The van der Waals surface area contributed by atoms with Crippen LogP contribution in [0.25, 0.3) is 0 Å². The first-order chi connectivity index (χ1) is 12.1. The summed E-state index contributed by atoms with van der Waals surface area (Å²) in [6.45, 7) is 7.89. The zero-order valence-corrected chi connectivity index (χ0v) is 16.2. The number of hydrogen-bond acceptors (Lipinski definition) is 5. The minimum absolute atomic E-state index is 0.0615. The van der Waals surface area contributed by atoms with E-state index < -0.39 is 11.4 Å². The molecule has 0 aliphatic heterocycles. The quantitative estimate of drug-likeness (QED) is 0.614. The Morgan fingerprint density at radius 1 is 1.23 bits per heavy atom. The van der Waals surface area contributed by atoms with E-state index in [2.05, 4.69) is 13.8 Å². The number of phenols is 2. The van der Waals surface area contributed by atoms with Crippen molar-refractivity contribution in [2.45, 2.75) is 64.7 Å². The largest absolute Gasteiger partial charge is 0.504 e. The number of fused-ring (bicyclic) bond motifs is 3. The van der Waals surface area contributed by atoms with Crippen LogP contribution in [0.2, 0.25) is 0 Å². The van der Waals surface area contributed by atoms with Gasteiger partial charge in [-0.25, -0.2) is 0 Å². The number of rotatable bonds is 2. The van der Waals surface area contributed by atoms with Gasteiger partial charge in [0.1, 0.15) is 5.41 Å². The van der Waals surface area contributed by atoms with Crippen LogP contribution >= 0.6 is 0 Å². The van der Waals surface area contributed by atoms with Crippen molar-refractivity contribution in [3.05, 3.63) is 22.8 Å². The van der Waals surface area contributed by atoms with Crippen molar-refractivity contribution >= 4 is 11.8 Å². The summed E-state index contributed by atoms with van der Waals surface area (Å²) in [6, 6.07) is 1.65. The molecular weight excluding hydrogens is 332 g/mol. The highest BCUT2D eigenvalue weighted by atomic mass is 16.5. The minimum atomic E-state index is -1.10. The van der Waals surface area contributed by atoms with Gasteiger partial charge < -0.3 is 14.9 Å². The molecule has 2 atom stereocenters. The SMILES string of the molecule is COC(=O)C12CCCC(C)(C)C1CC(=O)c1cc(C(C)C)c(O)c(O)c12. The van der Waals surface area contributed by atoms with Gasteiger partial charge in [-0.15, -0.1) is 0 Å². The van der Waals surface area contributed by atoms with E-state index in [1.807, 2.05) is 13.8 Å². The van der Waals surface area contributed by atoms with Crippen LogP contribution in [0.15, 0.2) is 6.07 Å². The molecule has 1 saturated carbocycles. The molecule has 1 fully saturated rings. The average Bonchev–Trinajstić information content (AvgIpc) is 2.57. The smallest absolute Gasteiger partial charge is 0.316 e. The Morgan fingerprint density at radius 2 is 1.88 bits per heavy atom. The Labute approximate surface area is 154 Å². The normalized spacial score (nSPS) is 27.0. The van der Waals surface area contributed by atoms with Crippen molar-refractivity contribution in [2.24, 2.45) is 11.3 Å². The van der Waals surface area contributed by atoms with E-state index in [9.17, 15) is 19.8 Å². The molecule has 2 aliphatic rings. The second-order valence-electron chi connectivity index (χ2n) is 8.73. The fraction of sp³-hybridized carbons (Fsp3) is 0.619. The number of ketones is 1. The maximum absolute atomic E-state index is 13.0. The van der Waals surface area contributed by atoms with E-state index in [0.717, 1.165) is 12.8 Å². The summed E-state index contributed by atoms with van der Waals surface area (Å²) in [4.78, 5) is 26.0. The van der Waals surface area contributed by atoms with Crippen LogP contribution in [0, 0.1) is 11.3 Å². The summed E-state index contributed by atoms with van der Waals surface area (Å²) in [5.41, 5.74) is -0.221. The van der Waals surface area contributed by atoms with Gasteiger partial charge in [-0.1, -0.05) is 34.1 Å². The van der Waals surface area contributed by atoms with Crippen LogP contribution in [-0.4, -0.2) is 29.1 Å². The predicted octanol–water partition coefficient (Wildman–Crippen LogP) is 4.04. The highest BCUT2D eigenvalue weighted by Gasteiger charge is 2.61. The highest BCUT2D eigenvalue weighted by Crippen LogP contribution is 2.61. The lowest BCUT2D eigenvalue weighted by atomic mass is 9.49. The standard InChI is InChI=1S/C21H28O5/c1-11(2)12-9-13-14(22)10-15-20(3,4)7-6-8-21(15,19(25)26-5)16(13)18(24)17(12)23/h9,11,15,23-24H,6-8,10H2,1-5H3. The third-order valence-corrected chi connectivity index (χ3v) is 6.54. The molecule has 3 rings (SSSR count). The summed E-state index contributed by atoms with van der Waals surface area (Å²) < 4.78 is 5.16. The predicted molar refractivity (Wildman–Crippen MR) is 97.6 cm³/mol. The van der Waals surface area contributed by atoms with Gasteiger partial charge in [0.15, 0.2) is 17.3 Å². The monoisotopic (exact) mass is 360 g/mol. The summed E-state index contributed by atoms with van der Waals surface area (Å²) in [5.74, 6) is -1.43. The molecule has 2 aliphatic carbocycles. The Morgan fingerprint density at radius 3 is 2.46 bits per heavy atom. The van der Waals surface area contributed by atoms with Gasteiger partial charge in [0.05, 0.1) is 7.11 Å². The number of aromatic hydroxyl groups is 2. The lowest BCUT2D eigenvalue weighted by Gasteiger charge is -2.53. The third kappa shape index (κ3) is 2.36. The highest BCUT2D eigenvalue weighted by molar-refractivity contribution is 6.04. The van der Waals surface area contributed by atoms with Crippen molar-refractivity contribution in [1.29, 1.82) is 0 Å². The molecule has 0 saturated heterocycles. The van der Waals surface area contributed by atoms with Crippen molar-refractivity contribution in [1.82, 2.24) is 0 Å². The number of carbonyl (C=O) groups excluding carboxylic acids is 2. The number of esters is 1. The van der Waals surface area contributed by atoms with Gasteiger partial charge in [0, 0.05) is 23.1 Å². The Kier molecular flexibility index (Phi) is 4.32. The lowest BCUT2D eigenvalue weighted by molar-refractivity contribution is -0.156. The van der Waals surface area contributed by atoms with Gasteiger partial charge >= 0.3 is 5.97 Å². The fourth-order valence-electron chi connectivity index (χ4n) is 5.20. The summed E-state index contributed by atoms with van der Waals surface area (Å²) in [6.07, 6.45) is 2.44. The molecule has 0 radical (unpaired) electrons. The topological polar surface area (TPSA) is 83.8 Å². The van der Waals surface area contributed by atoms with E-state index in [0.29, 0.717) is 17.5 Å². The second-order valence-corrected chi connectivity index (χ2v) is 8.73. The lowest BCUT2D eigenvalue weighted by Crippen LogP contribution is -2.55. The average molecular weight is 360 g/mol. The van der Waals surface area contributed by atoms with Crippen LogP contribution in [-0.2, 0) is 14.9 Å². The van der Waals surface area contributed by atoms with Crippen LogP contribution in [0.1, 0.15) is 80.8 Å². The number of ether oxygens (including phenoxy) is 1. The van der Waals surface area contributed by atoms with Crippen molar-refractivity contribution < 1.29 is 24.5 Å². The molecule has 0 aromatic heterocycles. The third-order valence-electron chi connectivity index (χ3n) is 6.54. The number of Topliss-reactive ketones (excluding diaryl/α,β-unsaturated/α-hetero) is 1. The van der Waals surface area contributed by atoms with E-state index in [-0.39, 0.29) is 46.5 Å². The van der Waals surface area contributed by atoms with E-state index >= 15 is 0 Å². The van der Waals surface area contributed by atoms with Crippen molar-refractivity contribution in [3.8, 4) is 11.5 Å². The van der Waals surface area contributed by atoms with Crippen LogP contribution in [0.3, 0.4) is 0 Å². The summed E-state index contributed by atoms with van der Waals surface area (Å²) >= 11 is 0. The Hall–Kier alpha value is -2.04. The molecule has 0 spiro atoms. The first-order valence-electron chi connectivity index (χ1n) is 9.28. The number of phenolic OH excluding ortho intramolecular Hbond substituents is 2. The molecule has 0 bridgehead atoms. The van der Waals surface area contributed by atoms with Gasteiger partial charge in [-0.3, -0.25) is 9.59 Å². The van der Waals surface area contributed by atoms with Gasteiger partial charge in [-0.2, -0.15) is 0 Å². The molecule has 142 valence electrons. The number of benzene rings is 1. The molecule has 5 nitrogen and oxygen atoms in total. The number of hydrogen-bond donors (Lipinski definition) is 2. The van der Waals surface area contributed by atoms with Gasteiger partial charge in [0.2, 0.25) is 0 Å². The second kappa shape index (κ2) is 6.00. The molecular formula is C21H28O5. The maximum atomic E-state index is 13.0. The summed E-state index contributed by atoms with van der Waals surface area (Å²) in [5, 5.41) is 21.5. The molecule has 2 N–H and O–H groups in total. The van der Waals surface area contributed by atoms with Crippen LogP contribution in [0.5, 0.6) is 11.5 Å². The summed E-state index contributed by atoms with van der Waals surface area (Å²) in [7, 11) is 1.34. The Bertz CT molecular complexity index is 777. The van der Waals surface area contributed by atoms with E-state index in [4.69, 9.17) is 4.74 Å².